The van der Waals surface area contributed by atoms with Gasteiger partial charge in [-0.1, -0.05) is 69.3 Å². The van der Waals surface area contributed by atoms with Crippen LogP contribution in [0.25, 0.3) is 11.1 Å². The number of hydrogen-bond acceptors (Lipinski definition) is 5. The van der Waals surface area contributed by atoms with Gasteiger partial charge in [0.2, 0.25) is 5.91 Å². The molecule has 0 spiro atoms. The molecule has 2 aliphatic rings. The van der Waals surface area contributed by atoms with Gasteiger partial charge >= 0.3 is 12.1 Å². The Labute approximate surface area is 204 Å². The van der Waals surface area contributed by atoms with Crippen LogP contribution in [0.3, 0.4) is 0 Å². The minimum Gasteiger partial charge on any atom is -0.479 e. The number of rotatable bonds is 5. The van der Waals surface area contributed by atoms with E-state index < -0.39 is 35.0 Å². The Balaban J connectivity index is 1.46. The highest BCUT2D eigenvalue weighted by Crippen LogP contribution is 2.44. The van der Waals surface area contributed by atoms with E-state index in [1.165, 1.54) is 4.90 Å². The summed E-state index contributed by atoms with van der Waals surface area (Å²) in [7, 11) is 0. The second-order valence-corrected chi connectivity index (χ2v) is 10.5. The summed E-state index contributed by atoms with van der Waals surface area (Å²) in [6, 6.07) is 15.1. The predicted molar refractivity (Wildman–Crippen MR) is 130 cm³/mol. The van der Waals surface area contributed by atoms with E-state index in [4.69, 9.17) is 4.74 Å². The number of β-amino-alcohol motifs (C(OH)–C–C–N with tert-alkyl or cyclic N) is 1. The maximum atomic E-state index is 13.3. The summed E-state index contributed by atoms with van der Waals surface area (Å²) < 4.78 is 5.62. The molecule has 1 unspecified atom stereocenters. The topological polar surface area (TPSA) is 116 Å². The van der Waals surface area contributed by atoms with Crippen molar-refractivity contribution in [3.8, 4) is 11.1 Å². The summed E-state index contributed by atoms with van der Waals surface area (Å²) in [5.74, 6) is -1.90. The van der Waals surface area contributed by atoms with Crippen LogP contribution in [0, 0.1) is 5.41 Å². The van der Waals surface area contributed by atoms with Gasteiger partial charge in [0.1, 0.15) is 12.6 Å². The van der Waals surface area contributed by atoms with E-state index in [-0.39, 0.29) is 25.5 Å². The van der Waals surface area contributed by atoms with Gasteiger partial charge in [-0.25, -0.2) is 9.59 Å². The van der Waals surface area contributed by atoms with Crippen molar-refractivity contribution in [3.05, 3.63) is 59.7 Å². The number of aliphatic carboxylic acids is 1. The maximum Gasteiger partial charge on any atom is 0.407 e. The molecular formula is C27H32N2O6. The number of hydrogen-bond donors (Lipinski definition) is 3. The standard InChI is InChI=1S/C27H32N2O6/c1-26(2,3)22(23(30)29-14-8-13-27(34,16-29)24(31)32)28-25(33)35-15-21-19-11-6-4-9-17(19)18-10-5-7-12-20(18)21/h4-7,9-12,21-22,34H,8,13-16H2,1-3H3,(H,28,33)(H,31,32)/t22-,27?/m0/s1. The van der Waals surface area contributed by atoms with Crippen LogP contribution < -0.4 is 5.32 Å². The summed E-state index contributed by atoms with van der Waals surface area (Å²) in [6.45, 7) is 5.55. The van der Waals surface area contributed by atoms with Gasteiger partial charge in [0, 0.05) is 12.5 Å². The van der Waals surface area contributed by atoms with Gasteiger partial charge in [-0.3, -0.25) is 4.79 Å². The number of carbonyl (C=O) groups is 3. The molecule has 8 heteroatoms. The number of nitrogens with one attached hydrogen (secondary N) is 1. The second-order valence-electron chi connectivity index (χ2n) is 10.5. The zero-order chi connectivity index (χ0) is 25.4. The molecular weight excluding hydrogens is 448 g/mol. The lowest BCUT2D eigenvalue weighted by molar-refractivity contribution is -0.167. The zero-order valence-corrected chi connectivity index (χ0v) is 20.3. The Morgan fingerprint density at radius 3 is 2.20 bits per heavy atom. The monoisotopic (exact) mass is 480 g/mol. The largest absolute Gasteiger partial charge is 0.479 e. The number of carbonyl (C=O) groups excluding carboxylic acids is 2. The highest BCUT2D eigenvalue weighted by molar-refractivity contribution is 5.88. The molecule has 0 radical (unpaired) electrons. The van der Waals surface area contributed by atoms with Crippen molar-refractivity contribution in [3.63, 3.8) is 0 Å². The number of aliphatic hydroxyl groups is 1. The summed E-state index contributed by atoms with van der Waals surface area (Å²) in [5.41, 5.74) is 1.77. The number of amides is 2. The first-order chi connectivity index (χ1) is 16.5. The molecule has 35 heavy (non-hydrogen) atoms. The number of likely N-dealkylation sites (tertiary alicyclic amines) is 1. The summed E-state index contributed by atoms with van der Waals surface area (Å²) in [4.78, 5) is 39.0. The fraction of sp³-hybridized carbons (Fsp3) is 0.444. The van der Waals surface area contributed by atoms with Gasteiger partial charge in [-0.15, -0.1) is 0 Å². The quantitative estimate of drug-likeness (QED) is 0.604. The van der Waals surface area contributed by atoms with Gasteiger partial charge in [0.15, 0.2) is 5.60 Å². The minimum absolute atomic E-state index is 0.0755. The number of carboxylic acid groups (broad SMARTS) is 1. The normalized spacial score (nSPS) is 20.5. The lowest BCUT2D eigenvalue weighted by atomic mass is 9.84. The molecule has 8 nitrogen and oxygen atoms in total. The molecule has 0 aromatic heterocycles. The Morgan fingerprint density at radius 2 is 1.66 bits per heavy atom. The molecule has 0 bridgehead atoms. The van der Waals surface area contributed by atoms with E-state index in [0.29, 0.717) is 13.0 Å². The third kappa shape index (κ3) is 4.89. The Bertz CT molecular complexity index is 1090. The van der Waals surface area contributed by atoms with Crippen molar-refractivity contribution in [1.29, 1.82) is 0 Å². The van der Waals surface area contributed by atoms with Crippen LogP contribution in [0.15, 0.2) is 48.5 Å². The first kappa shape index (κ1) is 24.7. The van der Waals surface area contributed by atoms with Crippen LogP contribution in [0.4, 0.5) is 4.79 Å². The Hall–Kier alpha value is -3.39. The fourth-order valence-corrected chi connectivity index (χ4v) is 4.99. The number of carboxylic acids is 1. The van der Waals surface area contributed by atoms with E-state index in [0.717, 1.165) is 22.3 Å². The SMILES string of the molecule is CC(C)(C)[C@@H](NC(=O)OCC1c2ccccc2-c2ccccc21)C(=O)N1CCCC(O)(C(=O)O)C1. The number of ether oxygens (including phenoxy) is 1. The van der Waals surface area contributed by atoms with Crippen molar-refractivity contribution >= 4 is 18.0 Å². The van der Waals surface area contributed by atoms with Gasteiger partial charge < -0.3 is 25.2 Å². The number of piperidine rings is 1. The van der Waals surface area contributed by atoms with E-state index in [9.17, 15) is 24.6 Å². The van der Waals surface area contributed by atoms with Crippen LogP contribution in [0.5, 0.6) is 0 Å². The molecule has 0 saturated carbocycles. The lowest BCUT2D eigenvalue weighted by Crippen LogP contribution is -2.61. The smallest absolute Gasteiger partial charge is 0.407 e. The Morgan fingerprint density at radius 1 is 1.09 bits per heavy atom. The van der Waals surface area contributed by atoms with Crippen LogP contribution >= 0.6 is 0 Å². The molecule has 1 aliphatic carbocycles. The zero-order valence-electron chi connectivity index (χ0n) is 20.3. The average Bonchev–Trinajstić information content (AvgIpc) is 3.14. The predicted octanol–water partition coefficient (Wildman–Crippen LogP) is 3.38. The van der Waals surface area contributed by atoms with E-state index in [1.807, 2.05) is 57.2 Å². The van der Waals surface area contributed by atoms with Crippen LogP contribution in [0.2, 0.25) is 0 Å². The number of benzene rings is 2. The summed E-state index contributed by atoms with van der Waals surface area (Å²) in [5, 5.41) is 22.5. The second kappa shape index (κ2) is 9.34. The highest BCUT2D eigenvalue weighted by Gasteiger charge is 2.45. The molecule has 1 fully saturated rings. The molecule has 1 saturated heterocycles. The van der Waals surface area contributed by atoms with Crippen molar-refractivity contribution in [1.82, 2.24) is 10.2 Å². The van der Waals surface area contributed by atoms with E-state index in [1.54, 1.807) is 0 Å². The van der Waals surface area contributed by atoms with Crippen LogP contribution in [0.1, 0.15) is 50.7 Å². The average molecular weight is 481 g/mol. The van der Waals surface area contributed by atoms with Crippen molar-refractivity contribution in [2.75, 3.05) is 19.7 Å². The molecule has 2 aromatic carbocycles. The Kier molecular flexibility index (Phi) is 6.60. The highest BCUT2D eigenvalue weighted by atomic mass is 16.5. The van der Waals surface area contributed by atoms with Crippen molar-refractivity contribution in [2.24, 2.45) is 5.41 Å². The summed E-state index contributed by atoms with van der Waals surface area (Å²) >= 11 is 0. The van der Waals surface area contributed by atoms with E-state index in [2.05, 4.69) is 17.4 Å². The van der Waals surface area contributed by atoms with Crippen LogP contribution in [-0.2, 0) is 14.3 Å². The maximum absolute atomic E-state index is 13.3. The third-order valence-electron chi connectivity index (χ3n) is 6.90. The van der Waals surface area contributed by atoms with Gasteiger partial charge in [0.05, 0.1) is 6.54 Å². The van der Waals surface area contributed by atoms with Crippen molar-refractivity contribution < 1.29 is 29.3 Å². The molecule has 1 aliphatic heterocycles. The first-order valence-corrected chi connectivity index (χ1v) is 11.9. The number of alkyl carbamates (subject to hydrolysis) is 1. The lowest BCUT2D eigenvalue weighted by Gasteiger charge is -2.40. The van der Waals surface area contributed by atoms with Crippen LogP contribution in [-0.4, -0.2) is 64.4 Å². The van der Waals surface area contributed by atoms with Gasteiger partial charge in [-0.05, 0) is 40.5 Å². The molecule has 1 heterocycles. The van der Waals surface area contributed by atoms with E-state index >= 15 is 0 Å². The molecule has 186 valence electrons. The molecule has 3 N–H and O–H groups in total. The summed E-state index contributed by atoms with van der Waals surface area (Å²) in [6.07, 6.45) is -0.284. The van der Waals surface area contributed by atoms with Gasteiger partial charge in [0.25, 0.3) is 0 Å². The van der Waals surface area contributed by atoms with Gasteiger partial charge in [-0.2, -0.15) is 0 Å². The molecule has 2 atom stereocenters. The molecule has 2 aromatic rings. The fourth-order valence-electron chi connectivity index (χ4n) is 4.99. The number of fused-ring (bicyclic) bond motifs is 3. The van der Waals surface area contributed by atoms with Crippen molar-refractivity contribution in [2.45, 2.75) is 51.2 Å². The minimum atomic E-state index is -1.99. The third-order valence-corrected chi connectivity index (χ3v) is 6.90. The molecule has 4 rings (SSSR count). The molecule has 2 amide bonds. The number of nitrogens with zero attached hydrogens (tertiary/aromatic N) is 1. The first-order valence-electron chi connectivity index (χ1n) is 11.9.